The smallest absolute Gasteiger partial charge is 0.324 e. The van der Waals surface area contributed by atoms with Gasteiger partial charge in [0.05, 0.1) is 10.9 Å². The highest BCUT2D eigenvalue weighted by Crippen LogP contribution is 2.38. The number of hydrogen-bond acceptors (Lipinski definition) is 3. The first-order chi connectivity index (χ1) is 7.94. The van der Waals surface area contributed by atoms with Gasteiger partial charge in [0.2, 0.25) is 5.91 Å². The fourth-order valence-corrected chi connectivity index (χ4v) is 2.40. The van der Waals surface area contributed by atoms with Crippen LogP contribution in [0.4, 0.5) is 14.5 Å². The zero-order valence-corrected chi connectivity index (χ0v) is 9.65. The summed E-state index contributed by atoms with van der Waals surface area (Å²) in [5.74, 6) is -3.76. The third-order valence-electron chi connectivity index (χ3n) is 2.41. The SMILES string of the molecule is CC1Sc2ccc(C(F)(F)C#N)cc2NC1=O. The number of hydrogen-bond donors (Lipinski definition) is 1. The normalized spacial score (nSPS) is 19.2. The summed E-state index contributed by atoms with van der Waals surface area (Å²) in [5, 5.41) is 10.7. The van der Waals surface area contributed by atoms with Crippen molar-refractivity contribution in [3.8, 4) is 6.07 Å². The predicted molar refractivity (Wildman–Crippen MR) is 59.9 cm³/mol. The van der Waals surface area contributed by atoms with Crippen molar-refractivity contribution in [3.63, 3.8) is 0 Å². The molecule has 0 radical (unpaired) electrons. The number of carbonyl (C=O) groups is 1. The van der Waals surface area contributed by atoms with Crippen molar-refractivity contribution < 1.29 is 13.6 Å². The molecule has 1 heterocycles. The van der Waals surface area contributed by atoms with Crippen molar-refractivity contribution in [2.24, 2.45) is 0 Å². The van der Waals surface area contributed by atoms with E-state index in [0.717, 1.165) is 17.0 Å². The Morgan fingerprint density at radius 3 is 2.88 bits per heavy atom. The van der Waals surface area contributed by atoms with Crippen LogP contribution in [0.5, 0.6) is 0 Å². The summed E-state index contributed by atoms with van der Waals surface area (Å²) < 4.78 is 26.3. The standard InChI is InChI=1S/C11H8F2N2OS/c1-6-10(16)15-8-4-7(11(12,13)5-14)2-3-9(8)17-6/h2-4,6H,1H3,(H,15,16). The Morgan fingerprint density at radius 2 is 2.24 bits per heavy atom. The van der Waals surface area contributed by atoms with E-state index >= 15 is 0 Å². The minimum atomic E-state index is -3.53. The molecule has 17 heavy (non-hydrogen) atoms. The Hall–Kier alpha value is -1.61. The molecule has 1 aromatic carbocycles. The summed E-state index contributed by atoms with van der Waals surface area (Å²) in [5.41, 5.74) is -0.0697. The molecular weight excluding hydrogens is 246 g/mol. The lowest BCUT2D eigenvalue weighted by molar-refractivity contribution is -0.115. The van der Waals surface area contributed by atoms with Gasteiger partial charge in [0.15, 0.2) is 0 Å². The van der Waals surface area contributed by atoms with Crippen molar-refractivity contribution in [1.29, 1.82) is 5.26 Å². The van der Waals surface area contributed by atoms with Crippen LogP contribution in [0.15, 0.2) is 23.1 Å². The van der Waals surface area contributed by atoms with Gasteiger partial charge in [0, 0.05) is 10.5 Å². The van der Waals surface area contributed by atoms with Crippen LogP contribution in [0.25, 0.3) is 0 Å². The largest absolute Gasteiger partial charge is 0.357 e. The minimum absolute atomic E-state index is 0.222. The number of nitriles is 1. The van der Waals surface area contributed by atoms with Gasteiger partial charge in [0.1, 0.15) is 6.07 Å². The molecule has 1 N–H and O–H groups in total. The highest BCUT2D eigenvalue weighted by atomic mass is 32.2. The third kappa shape index (κ3) is 2.11. The molecule has 3 nitrogen and oxygen atoms in total. The van der Waals surface area contributed by atoms with Gasteiger partial charge in [-0.05, 0) is 19.1 Å². The van der Waals surface area contributed by atoms with Gasteiger partial charge in [-0.1, -0.05) is 6.07 Å². The molecule has 1 aliphatic heterocycles. The van der Waals surface area contributed by atoms with Gasteiger partial charge in [-0.3, -0.25) is 4.79 Å². The topological polar surface area (TPSA) is 52.9 Å². The van der Waals surface area contributed by atoms with Crippen LogP contribution in [0.2, 0.25) is 0 Å². The predicted octanol–water partition coefficient (Wildman–Crippen LogP) is 2.73. The summed E-state index contributed by atoms with van der Waals surface area (Å²) in [4.78, 5) is 12.1. The summed E-state index contributed by atoms with van der Waals surface area (Å²) in [7, 11) is 0. The van der Waals surface area contributed by atoms with E-state index in [0.29, 0.717) is 5.69 Å². The minimum Gasteiger partial charge on any atom is -0.324 e. The quantitative estimate of drug-likeness (QED) is 0.838. The Balaban J connectivity index is 2.43. The molecule has 2 rings (SSSR count). The number of amides is 1. The second-order valence-electron chi connectivity index (χ2n) is 3.65. The average molecular weight is 254 g/mol. The van der Waals surface area contributed by atoms with Crippen molar-refractivity contribution in [2.45, 2.75) is 23.0 Å². The first-order valence-electron chi connectivity index (χ1n) is 4.85. The van der Waals surface area contributed by atoms with E-state index in [4.69, 9.17) is 5.26 Å². The Labute approximate surface area is 101 Å². The number of nitrogens with zero attached hydrogens (tertiary/aromatic N) is 1. The van der Waals surface area contributed by atoms with Crippen LogP contribution >= 0.6 is 11.8 Å². The lowest BCUT2D eigenvalue weighted by Crippen LogP contribution is -2.26. The molecule has 0 saturated heterocycles. The molecule has 0 fully saturated rings. The van der Waals surface area contributed by atoms with Crippen LogP contribution in [0.1, 0.15) is 12.5 Å². The van der Waals surface area contributed by atoms with E-state index in [-0.39, 0.29) is 11.2 Å². The molecule has 0 aliphatic carbocycles. The number of anilines is 1. The van der Waals surface area contributed by atoms with Crippen LogP contribution < -0.4 is 5.32 Å². The van der Waals surface area contributed by atoms with E-state index in [1.54, 1.807) is 6.92 Å². The van der Waals surface area contributed by atoms with E-state index in [9.17, 15) is 13.6 Å². The van der Waals surface area contributed by atoms with Crippen LogP contribution in [0.3, 0.4) is 0 Å². The number of benzene rings is 1. The summed E-state index contributed by atoms with van der Waals surface area (Å²) in [6.07, 6.45) is 0. The second kappa shape index (κ2) is 4.00. The van der Waals surface area contributed by atoms with Crippen molar-refractivity contribution in [1.82, 2.24) is 0 Å². The number of fused-ring (bicyclic) bond motifs is 1. The van der Waals surface area contributed by atoms with Crippen LogP contribution in [-0.2, 0) is 10.7 Å². The fraction of sp³-hybridized carbons (Fsp3) is 0.273. The van der Waals surface area contributed by atoms with E-state index < -0.39 is 11.5 Å². The molecule has 1 amide bonds. The molecule has 1 atom stereocenters. The Bertz CT molecular complexity index is 525. The molecule has 0 aromatic heterocycles. The number of thioether (sulfide) groups is 1. The molecule has 0 saturated carbocycles. The van der Waals surface area contributed by atoms with Crippen LogP contribution in [0, 0.1) is 11.3 Å². The molecule has 1 aromatic rings. The van der Waals surface area contributed by atoms with Gasteiger partial charge < -0.3 is 5.32 Å². The second-order valence-corrected chi connectivity index (χ2v) is 5.03. The first kappa shape index (κ1) is 11.9. The average Bonchev–Trinajstić information content (AvgIpc) is 2.30. The zero-order chi connectivity index (χ0) is 12.6. The molecule has 6 heteroatoms. The highest BCUT2D eigenvalue weighted by molar-refractivity contribution is 8.00. The maximum absolute atomic E-state index is 13.1. The number of carbonyl (C=O) groups excluding carboxylic acids is 1. The summed E-state index contributed by atoms with van der Waals surface area (Å²) in [6.45, 7) is 1.74. The Morgan fingerprint density at radius 1 is 1.53 bits per heavy atom. The van der Waals surface area contributed by atoms with Gasteiger partial charge in [0.25, 0.3) is 0 Å². The fourth-order valence-electron chi connectivity index (χ4n) is 1.47. The lowest BCUT2D eigenvalue weighted by atomic mass is 10.1. The van der Waals surface area contributed by atoms with E-state index in [2.05, 4.69) is 5.32 Å². The Kier molecular flexibility index (Phi) is 2.79. The molecule has 0 spiro atoms. The highest BCUT2D eigenvalue weighted by Gasteiger charge is 2.33. The van der Waals surface area contributed by atoms with Crippen molar-refractivity contribution >= 4 is 23.4 Å². The molecule has 1 unspecified atom stereocenters. The van der Waals surface area contributed by atoms with Gasteiger partial charge in [-0.15, -0.1) is 11.8 Å². The van der Waals surface area contributed by atoms with Gasteiger partial charge in [-0.2, -0.15) is 14.0 Å². The lowest BCUT2D eigenvalue weighted by Gasteiger charge is -2.22. The zero-order valence-electron chi connectivity index (χ0n) is 8.83. The maximum atomic E-state index is 13.1. The van der Waals surface area contributed by atoms with Crippen molar-refractivity contribution in [3.05, 3.63) is 23.8 Å². The molecule has 0 bridgehead atoms. The molecule has 88 valence electrons. The van der Waals surface area contributed by atoms with E-state index in [1.807, 2.05) is 0 Å². The van der Waals surface area contributed by atoms with E-state index in [1.165, 1.54) is 23.9 Å². The summed E-state index contributed by atoms with van der Waals surface area (Å²) >= 11 is 1.31. The third-order valence-corrected chi connectivity index (χ3v) is 3.59. The number of halogens is 2. The van der Waals surface area contributed by atoms with Crippen LogP contribution in [-0.4, -0.2) is 11.2 Å². The number of nitrogens with one attached hydrogen (secondary N) is 1. The number of alkyl halides is 2. The maximum Gasteiger partial charge on any atom is 0.357 e. The monoisotopic (exact) mass is 254 g/mol. The van der Waals surface area contributed by atoms with Gasteiger partial charge >= 0.3 is 5.92 Å². The molecular formula is C11H8F2N2OS. The summed E-state index contributed by atoms with van der Waals surface area (Å²) in [6, 6.07) is 4.78. The van der Waals surface area contributed by atoms with Gasteiger partial charge in [-0.25, -0.2) is 0 Å². The number of rotatable bonds is 1. The first-order valence-corrected chi connectivity index (χ1v) is 5.73. The van der Waals surface area contributed by atoms with Crippen molar-refractivity contribution in [2.75, 3.05) is 5.32 Å². The molecule has 1 aliphatic rings.